The first kappa shape index (κ1) is 13.4. The Kier molecular flexibility index (Phi) is 4.87. The summed E-state index contributed by atoms with van der Waals surface area (Å²) >= 11 is 0. The molecule has 0 aromatic rings. The van der Waals surface area contributed by atoms with Crippen LogP contribution < -0.4 is 5.73 Å². The zero-order valence-electron chi connectivity index (χ0n) is 11.4. The molecule has 2 fully saturated rings. The minimum Gasteiger partial charge on any atom is -0.378 e. The van der Waals surface area contributed by atoms with Gasteiger partial charge in [0.25, 0.3) is 0 Å². The monoisotopic (exact) mass is 239 g/mol. The van der Waals surface area contributed by atoms with Gasteiger partial charge in [-0.1, -0.05) is 19.8 Å². The van der Waals surface area contributed by atoms with E-state index in [2.05, 4.69) is 6.92 Å². The van der Waals surface area contributed by atoms with Crippen molar-refractivity contribution in [2.24, 2.45) is 11.1 Å². The highest BCUT2D eigenvalue weighted by molar-refractivity contribution is 4.92. The van der Waals surface area contributed by atoms with Crippen LogP contribution >= 0.6 is 0 Å². The Morgan fingerprint density at radius 1 is 1.29 bits per heavy atom. The van der Waals surface area contributed by atoms with Gasteiger partial charge in [-0.05, 0) is 56.8 Å². The molecule has 0 aromatic carbocycles. The lowest BCUT2D eigenvalue weighted by Gasteiger charge is -2.34. The molecule has 0 amide bonds. The summed E-state index contributed by atoms with van der Waals surface area (Å²) in [5.41, 5.74) is 6.95. The van der Waals surface area contributed by atoms with Crippen LogP contribution in [0.2, 0.25) is 0 Å². The number of ether oxygens (including phenoxy) is 1. The van der Waals surface area contributed by atoms with E-state index in [1.807, 2.05) is 0 Å². The zero-order valence-corrected chi connectivity index (χ0v) is 11.4. The van der Waals surface area contributed by atoms with E-state index in [0.717, 1.165) is 6.61 Å². The minimum absolute atomic E-state index is 0.427. The van der Waals surface area contributed by atoms with E-state index in [1.54, 1.807) is 0 Å². The number of rotatable bonds is 6. The molecule has 1 saturated heterocycles. The topological polar surface area (TPSA) is 35.2 Å². The molecule has 2 N–H and O–H groups in total. The van der Waals surface area contributed by atoms with Crippen molar-refractivity contribution in [1.82, 2.24) is 0 Å². The molecule has 2 atom stereocenters. The number of hydrogen-bond acceptors (Lipinski definition) is 2. The largest absolute Gasteiger partial charge is 0.378 e. The third-order valence-electron chi connectivity index (χ3n) is 5.16. The van der Waals surface area contributed by atoms with E-state index in [0.29, 0.717) is 17.6 Å². The van der Waals surface area contributed by atoms with Crippen molar-refractivity contribution in [3.63, 3.8) is 0 Å². The standard InChI is InChI=1S/C15H29NO/c1-2-15(10-3-4-11-15)14(16)9-5-7-13-8-6-12-17-13/h13-14H,2-12,16H2,1H3. The SMILES string of the molecule is CCC1(C(N)CCCC2CCCO2)CCCC1. The molecular weight excluding hydrogens is 210 g/mol. The van der Waals surface area contributed by atoms with E-state index in [4.69, 9.17) is 10.5 Å². The fraction of sp³-hybridized carbons (Fsp3) is 1.00. The van der Waals surface area contributed by atoms with Gasteiger partial charge in [-0.2, -0.15) is 0 Å². The molecule has 1 saturated carbocycles. The van der Waals surface area contributed by atoms with E-state index in [-0.39, 0.29) is 0 Å². The first-order valence-corrected chi connectivity index (χ1v) is 7.64. The fourth-order valence-electron chi connectivity index (χ4n) is 3.81. The second kappa shape index (κ2) is 6.19. The molecule has 2 unspecified atom stereocenters. The van der Waals surface area contributed by atoms with Crippen LogP contribution in [0.4, 0.5) is 0 Å². The normalized spacial score (nSPS) is 29.6. The molecule has 0 aromatic heterocycles. The predicted octanol–water partition coefficient (Wildman–Crippen LogP) is 3.63. The van der Waals surface area contributed by atoms with Gasteiger partial charge in [0, 0.05) is 12.6 Å². The van der Waals surface area contributed by atoms with Gasteiger partial charge in [0.15, 0.2) is 0 Å². The summed E-state index contributed by atoms with van der Waals surface area (Å²) in [6.07, 6.45) is 13.6. The van der Waals surface area contributed by atoms with E-state index >= 15 is 0 Å². The molecule has 1 heterocycles. The van der Waals surface area contributed by atoms with Gasteiger partial charge in [0.1, 0.15) is 0 Å². The maximum atomic E-state index is 6.47. The quantitative estimate of drug-likeness (QED) is 0.768. The number of hydrogen-bond donors (Lipinski definition) is 1. The van der Waals surface area contributed by atoms with Crippen LogP contribution in [-0.2, 0) is 4.74 Å². The predicted molar refractivity (Wildman–Crippen MR) is 72.0 cm³/mol. The van der Waals surface area contributed by atoms with Gasteiger partial charge in [-0.15, -0.1) is 0 Å². The molecule has 2 nitrogen and oxygen atoms in total. The van der Waals surface area contributed by atoms with Crippen molar-refractivity contribution < 1.29 is 4.74 Å². The van der Waals surface area contributed by atoms with Crippen LogP contribution in [0.25, 0.3) is 0 Å². The summed E-state index contributed by atoms with van der Waals surface area (Å²) in [5.74, 6) is 0. The lowest BCUT2D eigenvalue weighted by Crippen LogP contribution is -2.39. The Balaban J connectivity index is 1.70. The van der Waals surface area contributed by atoms with Crippen LogP contribution in [0.3, 0.4) is 0 Å². The molecule has 0 spiro atoms. The Hall–Kier alpha value is -0.0800. The van der Waals surface area contributed by atoms with Gasteiger partial charge in [-0.25, -0.2) is 0 Å². The van der Waals surface area contributed by atoms with Crippen molar-refractivity contribution in [3.8, 4) is 0 Å². The van der Waals surface area contributed by atoms with Crippen LogP contribution in [0.5, 0.6) is 0 Å². The fourth-order valence-corrected chi connectivity index (χ4v) is 3.81. The average molecular weight is 239 g/mol. The van der Waals surface area contributed by atoms with Gasteiger partial charge in [-0.3, -0.25) is 0 Å². The number of nitrogens with two attached hydrogens (primary N) is 1. The van der Waals surface area contributed by atoms with Crippen molar-refractivity contribution in [3.05, 3.63) is 0 Å². The minimum atomic E-state index is 0.427. The van der Waals surface area contributed by atoms with Crippen molar-refractivity contribution in [1.29, 1.82) is 0 Å². The molecule has 17 heavy (non-hydrogen) atoms. The second-order valence-electron chi connectivity index (χ2n) is 6.10. The highest BCUT2D eigenvalue weighted by Gasteiger charge is 2.37. The second-order valence-corrected chi connectivity index (χ2v) is 6.10. The van der Waals surface area contributed by atoms with Crippen molar-refractivity contribution >= 4 is 0 Å². The maximum absolute atomic E-state index is 6.47. The molecule has 2 heteroatoms. The van der Waals surface area contributed by atoms with Crippen molar-refractivity contribution in [2.75, 3.05) is 6.61 Å². The van der Waals surface area contributed by atoms with E-state index in [9.17, 15) is 0 Å². The van der Waals surface area contributed by atoms with E-state index < -0.39 is 0 Å². The zero-order chi connectivity index (χ0) is 12.1. The first-order chi connectivity index (χ1) is 8.27. The molecule has 1 aliphatic heterocycles. The summed E-state index contributed by atoms with van der Waals surface area (Å²) in [6, 6.07) is 0.427. The van der Waals surface area contributed by atoms with Crippen LogP contribution in [0.15, 0.2) is 0 Å². The average Bonchev–Trinajstić information content (AvgIpc) is 3.00. The van der Waals surface area contributed by atoms with Gasteiger partial charge < -0.3 is 10.5 Å². The summed E-state index contributed by atoms with van der Waals surface area (Å²) in [5, 5.41) is 0. The molecule has 0 radical (unpaired) electrons. The lowest BCUT2D eigenvalue weighted by atomic mass is 9.75. The Morgan fingerprint density at radius 3 is 2.65 bits per heavy atom. The maximum Gasteiger partial charge on any atom is 0.0576 e. The lowest BCUT2D eigenvalue weighted by molar-refractivity contribution is 0.0989. The molecule has 1 aliphatic carbocycles. The third-order valence-corrected chi connectivity index (χ3v) is 5.16. The molecule has 0 bridgehead atoms. The van der Waals surface area contributed by atoms with Crippen LogP contribution in [0, 0.1) is 5.41 Å². The van der Waals surface area contributed by atoms with Gasteiger partial charge in [0.05, 0.1) is 6.10 Å². The smallest absolute Gasteiger partial charge is 0.0576 e. The Bertz CT molecular complexity index is 217. The Morgan fingerprint density at radius 2 is 2.06 bits per heavy atom. The highest BCUT2D eigenvalue weighted by Crippen LogP contribution is 2.44. The first-order valence-electron chi connectivity index (χ1n) is 7.64. The molecular formula is C15H29NO. The van der Waals surface area contributed by atoms with E-state index in [1.165, 1.54) is 64.2 Å². The molecule has 2 rings (SSSR count). The van der Waals surface area contributed by atoms with Crippen molar-refractivity contribution in [2.45, 2.75) is 83.3 Å². The summed E-state index contributed by atoms with van der Waals surface area (Å²) in [6.45, 7) is 3.31. The third kappa shape index (κ3) is 3.23. The summed E-state index contributed by atoms with van der Waals surface area (Å²) in [7, 11) is 0. The van der Waals surface area contributed by atoms with Gasteiger partial charge in [0.2, 0.25) is 0 Å². The van der Waals surface area contributed by atoms with Crippen LogP contribution in [-0.4, -0.2) is 18.8 Å². The molecule has 100 valence electrons. The summed E-state index contributed by atoms with van der Waals surface area (Å²) in [4.78, 5) is 0. The Labute approximate surface area is 106 Å². The van der Waals surface area contributed by atoms with Gasteiger partial charge >= 0.3 is 0 Å². The molecule has 2 aliphatic rings. The summed E-state index contributed by atoms with van der Waals surface area (Å²) < 4.78 is 5.67. The van der Waals surface area contributed by atoms with Crippen LogP contribution in [0.1, 0.15) is 71.1 Å². The highest BCUT2D eigenvalue weighted by atomic mass is 16.5.